The summed E-state index contributed by atoms with van der Waals surface area (Å²) in [6.45, 7) is 2.56. The molecule has 2 heterocycles. The summed E-state index contributed by atoms with van der Waals surface area (Å²) >= 11 is 0. The summed E-state index contributed by atoms with van der Waals surface area (Å²) < 4.78 is 25.2. The smallest absolute Gasteiger partial charge is 0.351 e. The zero-order chi connectivity index (χ0) is 32.5. The fraction of sp³-hybridized carbons (Fsp3) is 0.343. The number of aliphatic hydroxyl groups is 1. The van der Waals surface area contributed by atoms with Crippen LogP contribution in [0.25, 0.3) is 0 Å². The van der Waals surface area contributed by atoms with Crippen LogP contribution in [-0.2, 0) is 15.1 Å². The van der Waals surface area contributed by atoms with Crippen LogP contribution in [0.4, 0.5) is 10.6 Å². The predicted octanol–water partition coefficient (Wildman–Crippen LogP) is 4.84. The van der Waals surface area contributed by atoms with Crippen molar-refractivity contribution in [2.75, 3.05) is 32.7 Å². The molecule has 11 heteroatoms. The number of methoxy groups -OCH3 is 2. The van der Waals surface area contributed by atoms with E-state index in [1.54, 1.807) is 14.2 Å². The van der Waals surface area contributed by atoms with Gasteiger partial charge in [-0.05, 0) is 53.4 Å². The van der Waals surface area contributed by atoms with Gasteiger partial charge in [-0.15, -0.1) is 0 Å². The summed E-state index contributed by atoms with van der Waals surface area (Å²) in [5.41, 5.74) is 0.855. The molecule has 11 nitrogen and oxygen atoms in total. The molecule has 3 aromatic carbocycles. The lowest BCUT2D eigenvalue weighted by atomic mass is 9.80. The maximum Gasteiger partial charge on any atom is 0.351 e. The lowest BCUT2D eigenvalue weighted by molar-refractivity contribution is -0.0944. The number of hydrogen-bond acceptors (Lipinski definition) is 8. The zero-order valence-corrected chi connectivity index (χ0v) is 26.2. The highest BCUT2D eigenvalue weighted by Gasteiger charge is 2.42. The number of nitrogens with one attached hydrogen (secondary N) is 2. The van der Waals surface area contributed by atoms with Crippen molar-refractivity contribution in [3.05, 3.63) is 118 Å². The highest BCUT2D eigenvalue weighted by atomic mass is 16.6. The van der Waals surface area contributed by atoms with Crippen LogP contribution in [0.2, 0.25) is 0 Å². The van der Waals surface area contributed by atoms with Crippen LogP contribution in [0.3, 0.4) is 0 Å². The van der Waals surface area contributed by atoms with Crippen molar-refractivity contribution in [2.24, 2.45) is 0 Å². The van der Waals surface area contributed by atoms with Crippen LogP contribution >= 0.6 is 0 Å². The standard InChI is InChI=1S/C35H40N4O7/c1-4-5-20-36-33(41)37-31-19-21-39(34(42)38-31)32-22-29(40)30(46-32)23-45-35(24-9-7-6-8-10-24,25-11-15-27(43-2)16-12-25)26-13-17-28(44-3)18-14-26/h6-19,21,29-30,32,40H,4-5,20,22-23H2,1-3H3,(H2,36,37,38,41,42)/t29-,30+,32+/m0/s1. The molecule has 1 aliphatic heterocycles. The van der Waals surface area contributed by atoms with Gasteiger partial charge < -0.3 is 29.4 Å². The summed E-state index contributed by atoms with van der Waals surface area (Å²) in [6.07, 6.45) is 1.01. The van der Waals surface area contributed by atoms with E-state index in [-0.39, 0.29) is 18.8 Å². The Labute approximate surface area is 268 Å². The number of rotatable bonds is 13. The molecule has 2 amide bonds. The third-order valence-electron chi connectivity index (χ3n) is 8.04. The second-order valence-electron chi connectivity index (χ2n) is 11.0. The number of ether oxygens (including phenoxy) is 4. The summed E-state index contributed by atoms with van der Waals surface area (Å²) in [5.74, 6) is 1.53. The van der Waals surface area contributed by atoms with Crippen LogP contribution in [0.15, 0.2) is 95.9 Å². The van der Waals surface area contributed by atoms with Crippen molar-refractivity contribution in [1.29, 1.82) is 0 Å². The molecule has 0 radical (unpaired) electrons. The van der Waals surface area contributed by atoms with E-state index in [1.165, 1.54) is 16.8 Å². The molecule has 1 fully saturated rings. The maximum absolute atomic E-state index is 12.9. The first-order valence-corrected chi connectivity index (χ1v) is 15.3. The number of benzene rings is 3. The summed E-state index contributed by atoms with van der Waals surface area (Å²) in [4.78, 5) is 29.0. The highest BCUT2D eigenvalue weighted by Crippen LogP contribution is 2.42. The first kappa shape index (κ1) is 32.7. The molecule has 1 saturated heterocycles. The quantitative estimate of drug-likeness (QED) is 0.142. The zero-order valence-electron chi connectivity index (χ0n) is 26.2. The maximum atomic E-state index is 12.9. The van der Waals surface area contributed by atoms with Crippen molar-refractivity contribution in [2.45, 2.75) is 50.2 Å². The number of aromatic nitrogens is 2. The van der Waals surface area contributed by atoms with E-state index in [2.05, 4.69) is 15.6 Å². The molecule has 0 spiro atoms. The number of carbonyl (C=O) groups is 1. The lowest BCUT2D eigenvalue weighted by Gasteiger charge is -2.37. The monoisotopic (exact) mass is 628 g/mol. The van der Waals surface area contributed by atoms with Gasteiger partial charge in [-0.25, -0.2) is 9.59 Å². The third kappa shape index (κ3) is 7.23. The molecule has 0 bridgehead atoms. The Morgan fingerprint density at radius 3 is 2.13 bits per heavy atom. The first-order valence-electron chi connectivity index (χ1n) is 15.3. The predicted molar refractivity (Wildman–Crippen MR) is 173 cm³/mol. The van der Waals surface area contributed by atoms with Crippen molar-refractivity contribution >= 4 is 11.8 Å². The van der Waals surface area contributed by atoms with Crippen LogP contribution in [0.1, 0.15) is 49.1 Å². The van der Waals surface area contributed by atoms with Crippen LogP contribution in [-0.4, -0.2) is 60.3 Å². The fourth-order valence-corrected chi connectivity index (χ4v) is 5.56. The van der Waals surface area contributed by atoms with Gasteiger partial charge in [0.25, 0.3) is 0 Å². The van der Waals surface area contributed by atoms with Gasteiger partial charge in [0.05, 0.1) is 26.9 Å². The van der Waals surface area contributed by atoms with Crippen molar-refractivity contribution in [1.82, 2.24) is 14.9 Å². The van der Waals surface area contributed by atoms with Crippen LogP contribution < -0.4 is 25.8 Å². The van der Waals surface area contributed by atoms with Gasteiger partial charge in [0, 0.05) is 19.2 Å². The van der Waals surface area contributed by atoms with E-state index in [0.29, 0.717) is 18.0 Å². The molecule has 3 atom stereocenters. The third-order valence-corrected chi connectivity index (χ3v) is 8.04. The van der Waals surface area contributed by atoms with Crippen molar-refractivity contribution in [3.63, 3.8) is 0 Å². The number of unbranched alkanes of at least 4 members (excludes halogenated alkanes) is 1. The minimum absolute atomic E-state index is 0.00433. The number of carbonyl (C=O) groups excluding carboxylic acids is 1. The normalized spacial score (nSPS) is 17.8. The molecule has 1 aromatic heterocycles. The number of anilines is 1. The summed E-state index contributed by atoms with van der Waals surface area (Å²) in [7, 11) is 3.23. The fourth-order valence-electron chi connectivity index (χ4n) is 5.56. The second kappa shape index (κ2) is 15.0. The van der Waals surface area contributed by atoms with Gasteiger partial charge in [0.2, 0.25) is 0 Å². The van der Waals surface area contributed by atoms with E-state index < -0.39 is 35.8 Å². The van der Waals surface area contributed by atoms with E-state index in [9.17, 15) is 14.7 Å². The second-order valence-corrected chi connectivity index (χ2v) is 11.0. The largest absolute Gasteiger partial charge is 0.497 e. The van der Waals surface area contributed by atoms with Gasteiger partial charge in [0.15, 0.2) is 0 Å². The van der Waals surface area contributed by atoms with E-state index in [1.807, 2.05) is 85.8 Å². The van der Waals surface area contributed by atoms with Crippen molar-refractivity contribution < 1.29 is 28.8 Å². The van der Waals surface area contributed by atoms with Crippen LogP contribution in [0.5, 0.6) is 11.5 Å². The molecule has 242 valence electrons. The molecule has 1 aliphatic rings. The molecule has 0 unspecified atom stereocenters. The number of amides is 2. The SMILES string of the molecule is CCCCNC(=O)Nc1ccn([C@H]2C[C@H](O)[C@@H](COC(c3ccccc3)(c3ccc(OC)cc3)c3ccc(OC)cc3)O2)c(=O)n1. The first-order chi connectivity index (χ1) is 22.4. The Morgan fingerprint density at radius 1 is 0.957 bits per heavy atom. The minimum Gasteiger partial charge on any atom is -0.497 e. The van der Waals surface area contributed by atoms with Gasteiger partial charge in [-0.1, -0.05) is 67.9 Å². The molecule has 3 N–H and O–H groups in total. The number of urea groups is 1. The van der Waals surface area contributed by atoms with E-state index >= 15 is 0 Å². The number of hydrogen-bond donors (Lipinski definition) is 3. The Bertz CT molecular complexity index is 1580. The molecular formula is C35H40N4O7. The van der Waals surface area contributed by atoms with E-state index in [4.69, 9.17) is 18.9 Å². The topological polar surface area (TPSA) is 133 Å². The Morgan fingerprint density at radius 2 is 1.57 bits per heavy atom. The van der Waals surface area contributed by atoms with E-state index in [0.717, 1.165) is 29.5 Å². The van der Waals surface area contributed by atoms with Gasteiger partial charge in [-0.3, -0.25) is 9.88 Å². The lowest BCUT2D eigenvalue weighted by Crippen LogP contribution is -2.38. The molecular weight excluding hydrogens is 588 g/mol. The summed E-state index contributed by atoms with van der Waals surface area (Å²) in [6, 6.07) is 26.2. The van der Waals surface area contributed by atoms with Gasteiger partial charge in [0.1, 0.15) is 35.2 Å². The molecule has 5 rings (SSSR count). The average Bonchev–Trinajstić information content (AvgIpc) is 3.45. The molecule has 46 heavy (non-hydrogen) atoms. The Kier molecular flexibility index (Phi) is 10.7. The Hall–Kier alpha value is -4.71. The molecule has 4 aromatic rings. The van der Waals surface area contributed by atoms with Gasteiger partial charge in [-0.2, -0.15) is 4.98 Å². The summed E-state index contributed by atoms with van der Waals surface area (Å²) in [5, 5.41) is 16.4. The Balaban J connectivity index is 1.40. The molecule has 0 saturated carbocycles. The number of aliphatic hydroxyl groups excluding tert-OH is 1. The minimum atomic E-state index is -1.09. The molecule has 0 aliphatic carbocycles. The number of nitrogens with zero attached hydrogens (tertiary/aromatic N) is 2. The average molecular weight is 629 g/mol. The van der Waals surface area contributed by atoms with Crippen LogP contribution in [0, 0.1) is 0 Å². The highest BCUT2D eigenvalue weighted by molar-refractivity contribution is 5.88. The van der Waals surface area contributed by atoms with Crippen molar-refractivity contribution in [3.8, 4) is 11.5 Å². The van der Waals surface area contributed by atoms with Gasteiger partial charge >= 0.3 is 11.7 Å².